The Bertz CT molecular complexity index is 291. The van der Waals surface area contributed by atoms with Crippen molar-refractivity contribution in [3.63, 3.8) is 0 Å². The Hall–Kier alpha value is -1.16. The van der Waals surface area contributed by atoms with Crippen molar-refractivity contribution in [3.05, 3.63) is 29.6 Å². The normalized spacial score (nSPS) is 10.2. The van der Waals surface area contributed by atoms with Gasteiger partial charge in [0.1, 0.15) is 11.6 Å². The third kappa shape index (κ3) is 2.67. The summed E-state index contributed by atoms with van der Waals surface area (Å²) in [6.45, 7) is -0.113. The molecule has 14 heavy (non-hydrogen) atoms. The van der Waals surface area contributed by atoms with E-state index >= 15 is 0 Å². The van der Waals surface area contributed by atoms with Crippen molar-refractivity contribution in [3.8, 4) is 5.75 Å². The number of rotatable bonds is 5. The molecule has 0 saturated heterocycles. The van der Waals surface area contributed by atoms with Crippen molar-refractivity contribution in [2.24, 2.45) is 5.73 Å². The first-order valence-corrected chi connectivity index (χ1v) is 4.45. The van der Waals surface area contributed by atoms with Gasteiger partial charge in [-0.25, -0.2) is 4.39 Å². The second-order valence-electron chi connectivity index (χ2n) is 2.81. The van der Waals surface area contributed by atoms with E-state index in [1.165, 1.54) is 6.07 Å². The molecule has 0 heterocycles. The van der Waals surface area contributed by atoms with Gasteiger partial charge in [-0.05, 0) is 12.1 Å². The van der Waals surface area contributed by atoms with E-state index in [0.717, 1.165) is 0 Å². The third-order valence-electron chi connectivity index (χ3n) is 1.82. The Labute approximate surface area is 81.7 Å². The van der Waals surface area contributed by atoms with E-state index in [1.807, 2.05) is 0 Å². The van der Waals surface area contributed by atoms with Crippen LogP contribution in [0.15, 0.2) is 18.2 Å². The number of alkyl halides is 1. The third-order valence-corrected chi connectivity index (χ3v) is 1.82. The monoisotopic (exact) mass is 201 g/mol. The van der Waals surface area contributed by atoms with Gasteiger partial charge in [0.2, 0.25) is 0 Å². The predicted octanol–water partition coefficient (Wildman–Crippen LogP) is 2.02. The second-order valence-corrected chi connectivity index (χ2v) is 2.81. The molecule has 0 aliphatic carbocycles. The van der Waals surface area contributed by atoms with Crippen molar-refractivity contribution < 1.29 is 13.5 Å². The Morgan fingerprint density at radius 2 is 2.14 bits per heavy atom. The van der Waals surface area contributed by atoms with Crippen LogP contribution in [0.3, 0.4) is 0 Å². The van der Waals surface area contributed by atoms with Crippen LogP contribution >= 0.6 is 0 Å². The lowest BCUT2D eigenvalue weighted by atomic mass is 10.2. The van der Waals surface area contributed by atoms with E-state index in [2.05, 4.69) is 0 Å². The SMILES string of the molecule is NCc1c(F)cccc1OCCCF. The smallest absolute Gasteiger partial charge is 0.131 e. The van der Waals surface area contributed by atoms with E-state index in [4.69, 9.17) is 10.5 Å². The molecule has 78 valence electrons. The first-order valence-electron chi connectivity index (χ1n) is 4.45. The van der Waals surface area contributed by atoms with Gasteiger partial charge in [0.05, 0.1) is 13.3 Å². The van der Waals surface area contributed by atoms with Gasteiger partial charge in [-0.3, -0.25) is 4.39 Å². The van der Waals surface area contributed by atoms with E-state index in [9.17, 15) is 8.78 Å². The lowest BCUT2D eigenvalue weighted by Crippen LogP contribution is -2.06. The van der Waals surface area contributed by atoms with Gasteiger partial charge in [-0.1, -0.05) is 6.07 Å². The van der Waals surface area contributed by atoms with Gasteiger partial charge in [-0.2, -0.15) is 0 Å². The van der Waals surface area contributed by atoms with E-state index in [1.54, 1.807) is 12.1 Å². The Kier molecular flexibility index (Phi) is 4.32. The molecule has 0 unspecified atom stereocenters. The van der Waals surface area contributed by atoms with Gasteiger partial charge < -0.3 is 10.5 Å². The molecule has 1 aromatic carbocycles. The summed E-state index contributed by atoms with van der Waals surface area (Å²) in [6.07, 6.45) is 0.306. The topological polar surface area (TPSA) is 35.2 Å². The fourth-order valence-corrected chi connectivity index (χ4v) is 1.11. The minimum Gasteiger partial charge on any atom is -0.493 e. The van der Waals surface area contributed by atoms with Crippen LogP contribution in [0.25, 0.3) is 0 Å². The number of nitrogens with two attached hydrogens (primary N) is 1. The van der Waals surface area contributed by atoms with Crippen LogP contribution in [0, 0.1) is 5.82 Å². The van der Waals surface area contributed by atoms with Gasteiger partial charge in [0.25, 0.3) is 0 Å². The second kappa shape index (κ2) is 5.54. The first kappa shape index (κ1) is 10.9. The summed E-state index contributed by atoms with van der Waals surface area (Å²) in [7, 11) is 0. The highest BCUT2D eigenvalue weighted by molar-refractivity contribution is 5.34. The maximum absolute atomic E-state index is 13.1. The van der Waals surface area contributed by atoms with Crippen molar-refractivity contribution in [1.82, 2.24) is 0 Å². The molecule has 0 saturated carbocycles. The number of benzene rings is 1. The van der Waals surface area contributed by atoms with Gasteiger partial charge >= 0.3 is 0 Å². The average molecular weight is 201 g/mol. The molecule has 0 aliphatic heterocycles. The zero-order valence-corrected chi connectivity index (χ0v) is 7.80. The highest BCUT2D eigenvalue weighted by Crippen LogP contribution is 2.20. The molecular weight excluding hydrogens is 188 g/mol. The molecule has 2 N–H and O–H groups in total. The Morgan fingerprint density at radius 1 is 1.36 bits per heavy atom. The van der Waals surface area contributed by atoms with Crippen LogP contribution in [0.1, 0.15) is 12.0 Å². The van der Waals surface area contributed by atoms with Crippen LogP contribution in [-0.4, -0.2) is 13.3 Å². The number of halogens is 2. The maximum atomic E-state index is 13.1. The van der Waals surface area contributed by atoms with Crippen LogP contribution in [0.5, 0.6) is 5.75 Å². The van der Waals surface area contributed by atoms with E-state index < -0.39 is 6.67 Å². The standard InChI is InChI=1S/C10H13F2NO/c11-5-2-6-14-10-4-1-3-9(12)8(10)7-13/h1,3-4H,2,5-7,13H2. The average Bonchev–Trinajstić information content (AvgIpc) is 2.18. The lowest BCUT2D eigenvalue weighted by Gasteiger charge is -2.09. The number of ether oxygens (including phenoxy) is 1. The highest BCUT2D eigenvalue weighted by Gasteiger charge is 2.06. The predicted molar refractivity (Wildman–Crippen MR) is 50.4 cm³/mol. The first-order chi connectivity index (χ1) is 6.79. The molecule has 0 radical (unpaired) electrons. The fourth-order valence-electron chi connectivity index (χ4n) is 1.11. The van der Waals surface area contributed by atoms with E-state index in [0.29, 0.717) is 17.7 Å². The van der Waals surface area contributed by atoms with E-state index in [-0.39, 0.29) is 19.0 Å². The van der Waals surface area contributed by atoms with Crippen molar-refractivity contribution >= 4 is 0 Å². The molecule has 0 bridgehead atoms. The van der Waals surface area contributed by atoms with Crippen molar-refractivity contribution in [1.29, 1.82) is 0 Å². The van der Waals surface area contributed by atoms with Gasteiger partial charge in [0, 0.05) is 18.5 Å². The summed E-state index contributed by atoms with van der Waals surface area (Å²) in [4.78, 5) is 0. The summed E-state index contributed by atoms with van der Waals surface area (Å²) in [5.41, 5.74) is 5.70. The van der Waals surface area contributed by atoms with Crippen molar-refractivity contribution in [2.45, 2.75) is 13.0 Å². The number of hydrogen-bond donors (Lipinski definition) is 1. The van der Waals surface area contributed by atoms with Gasteiger partial charge in [-0.15, -0.1) is 0 Å². The van der Waals surface area contributed by atoms with Crippen LogP contribution in [-0.2, 0) is 6.54 Å². The highest BCUT2D eigenvalue weighted by atomic mass is 19.1. The largest absolute Gasteiger partial charge is 0.493 e. The molecule has 0 fully saturated rings. The quantitative estimate of drug-likeness (QED) is 0.740. The molecule has 0 aromatic heterocycles. The summed E-state index contributed by atoms with van der Waals surface area (Å²) in [6, 6.07) is 4.49. The molecule has 0 spiro atoms. The number of hydrogen-bond acceptors (Lipinski definition) is 2. The summed E-state index contributed by atoms with van der Waals surface area (Å²) in [5, 5.41) is 0. The Balaban J connectivity index is 2.70. The minimum absolute atomic E-state index is 0.0810. The zero-order valence-electron chi connectivity index (χ0n) is 7.80. The van der Waals surface area contributed by atoms with Crippen LogP contribution < -0.4 is 10.5 Å². The van der Waals surface area contributed by atoms with Crippen molar-refractivity contribution in [2.75, 3.05) is 13.3 Å². The van der Waals surface area contributed by atoms with Gasteiger partial charge in [0.15, 0.2) is 0 Å². The molecule has 0 aliphatic rings. The van der Waals surface area contributed by atoms with Crippen LogP contribution in [0.2, 0.25) is 0 Å². The summed E-state index contributed by atoms with van der Waals surface area (Å²) in [5.74, 6) is 0.0196. The molecule has 0 amide bonds. The van der Waals surface area contributed by atoms with Crippen LogP contribution in [0.4, 0.5) is 8.78 Å². The molecule has 1 rings (SSSR count). The summed E-state index contributed by atoms with van der Waals surface area (Å²) < 4.78 is 30.1. The summed E-state index contributed by atoms with van der Waals surface area (Å²) >= 11 is 0. The molecule has 0 atom stereocenters. The lowest BCUT2D eigenvalue weighted by molar-refractivity contribution is 0.285. The zero-order chi connectivity index (χ0) is 10.4. The Morgan fingerprint density at radius 3 is 2.79 bits per heavy atom. The minimum atomic E-state index is -0.437. The molecule has 1 aromatic rings. The molecule has 2 nitrogen and oxygen atoms in total. The molecular formula is C10H13F2NO. The fraction of sp³-hybridized carbons (Fsp3) is 0.400. The molecule has 4 heteroatoms. The maximum Gasteiger partial charge on any atom is 0.131 e.